The first-order chi connectivity index (χ1) is 11.1. The van der Waals surface area contributed by atoms with Crippen LogP contribution >= 0.6 is 24.0 Å². The van der Waals surface area contributed by atoms with Crippen LogP contribution in [-0.2, 0) is 18.3 Å². The summed E-state index contributed by atoms with van der Waals surface area (Å²) in [5.74, 6) is 3.50. The van der Waals surface area contributed by atoms with Crippen LogP contribution in [0, 0.1) is 12.8 Å². The molecule has 0 aromatic carbocycles. The number of nitrogens with zero attached hydrogens (tertiary/aromatic N) is 5. The zero-order valence-electron chi connectivity index (χ0n) is 15.3. The number of piperidine rings is 1. The molecule has 1 N–H and O–H groups in total. The van der Waals surface area contributed by atoms with Crippen LogP contribution in [0.2, 0.25) is 0 Å². The molecule has 1 fully saturated rings. The maximum atomic E-state index is 5.12. The van der Waals surface area contributed by atoms with E-state index in [0.29, 0.717) is 12.5 Å². The molecule has 1 aromatic rings. The number of ether oxygens (including phenoxy) is 1. The van der Waals surface area contributed by atoms with Crippen molar-refractivity contribution in [3.8, 4) is 0 Å². The van der Waals surface area contributed by atoms with Crippen molar-refractivity contribution in [1.29, 1.82) is 0 Å². The summed E-state index contributed by atoms with van der Waals surface area (Å²) in [6.07, 6.45) is 3.50. The molecule has 8 heteroatoms. The van der Waals surface area contributed by atoms with E-state index in [1.54, 1.807) is 7.11 Å². The van der Waals surface area contributed by atoms with E-state index < -0.39 is 0 Å². The molecule has 24 heavy (non-hydrogen) atoms. The molecule has 0 aliphatic carbocycles. The van der Waals surface area contributed by atoms with Gasteiger partial charge >= 0.3 is 0 Å². The lowest BCUT2D eigenvalue weighted by molar-refractivity contribution is 0.195. The Balaban J connectivity index is 0.00000288. The highest BCUT2D eigenvalue weighted by Crippen LogP contribution is 2.15. The minimum atomic E-state index is 0. The van der Waals surface area contributed by atoms with Crippen LogP contribution in [0.3, 0.4) is 0 Å². The van der Waals surface area contributed by atoms with Crippen LogP contribution in [0.1, 0.15) is 37.8 Å². The first-order valence-corrected chi connectivity index (χ1v) is 8.49. The third-order valence-electron chi connectivity index (χ3n) is 4.32. The molecule has 0 saturated carbocycles. The lowest BCUT2D eigenvalue weighted by atomic mass is 10.0. The van der Waals surface area contributed by atoms with Gasteiger partial charge in [0.2, 0.25) is 0 Å². The van der Waals surface area contributed by atoms with Crippen molar-refractivity contribution in [2.75, 3.05) is 33.4 Å². The first kappa shape index (κ1) is 21.1. The lowest BCUT2D eigenvalue weighted by Crippen LogP contribution is -2.46. The Morgan fingerprint density at radius 2 is 2.21 bits per heavy atom. The second-order valence-corrected chi connectivity index (χ2v) is 6.33. The molecule has 7 nitrogen and oxygen atoms in total. The number of rotatable bonds is 6. The highest BCUT2D eigenvalue weighted by atomic mass is 127. The minimum Gasteiger partial charge on any atom is -0.385 e. The summed E-state index contributed by atoms with van der Waals surface area (Å²) in [6, 6.07) is 0. The molecule has 0 radical (unpaired) electrons. The second kappa shape index (κ2) is 10.9. The van der Waals surface area contributed by atoms with Gasteiger partial charge in [0.1, 0.15) is 12.4 Å². The summed E-state index contributed by atoms with van der Waals surface area (Å²) in [6.45, 7) is 8.58. The van der Waals surface area contributed by atoms with Crippen LogP contribution < -0.4 is 5.32 Å². The molecular formula is C16H31IN6O. The van der Waals surface area contributed by atoms with Crippen LogP contribution in [0.25, 0.3) is 0 Å². The Morgan fingerprint density at radius 3 is 2.83 bits per heavy atom. The predicted molar refractivity (Wildman–Crippen MR) is 107 cm³/mol. The Hall–Kier alpha value is -0.900. The summed E-state index contributed by atoms with van der Waals surface area (Å²) in [7, 11) is 3.71. The monoisotopic (exact) mass is 450 g/mol. The van der Waals surface area contributed by atoms with Gasteiger partial charge in [0, 0.05) is 40.4 Å². The maximum absolute atomic E-state index is 5.12. The summed E-state index contributed by atoms with van der Waals surface area (Å²) < 4.78 is 7.11. The molecule has 1 atom stereocenters. The number of aliphatic imine (C=N–C) groups is 1. The molecule has 1 aromatic heterocycles. The number of aromatic nitrogens is 3. The number of nitrogens with one attached hydrogen (secondary N) is 1. The molecule has 0 spiro atoms. The fourth-order valence-electron chi connectivity index (χ4n) is 2.80. The predicted octanol–water partition coefficient (Wildman–Crippen LogP) is 1.96. The maximum Gasteiger partial charge on any atom is 0.194 e. The second-order valence-electron chi connectivity index (χ2n) is 6.33. The van der Waals surface area contributed by atoms with E-state index in [0.717, 1.165) is 50.3 Å². The van der Waals surface area contributed by atoms with E-state index in [1.165, 1.54) is 12.8 Å². The van der Waals surface area contributed by atoms with Gasteiger partial charge < -0.3 is 19.5 Å². The van der Waals surface area contributed by atoms with Gasteiger partial charge in [-0.25, -0.2) is 4.99 Å². The molecule has 0 amide bonds. The first-order valence-electron chi connectivity index (χ1n) is 8.49. The van der Waals surface area contributed by atoms with Crippen molar-refractivity contribution in [1.82, 2.24) is 25.0 Å². The topological polar surface area (TPSA) is 67.6 Å². The number of halogens is 1. The van der Waals surface area contributed by atoms with E-state index in [4.69, 9.17) is 9.73 Å². The molecule has 2 rings (SSSR count). The SMILES string of the molecule is COCCCNC(=NCc1nnc(C)n1C)N1CCCC(C)C1.I. The lowest BCUT2D eigenvalue weighted by Gasteiger charge is -2.33. The van der Waals surface area contributed by atoms with Gasteiger partial charge in [0.05, 0.1) is 0 Å². The van der Waals surface area contributed by atoms with Crippen LogP contribution in [0.4, 0.5) is 0 Å². The normalized spacial score (nSPS) is 18.4. The Labute approximate surface area is 162 Å². The molecule has 1 aliphatic heterocycles. The highest BCUT2D eigenvalue weighted by Gasteiger charge is 2.19. The number of likely N-dealkylation sites (tertiary alicyclic amines) is 1. The summed E-state index contributed by atoms with van der Waals surface area (Å²) in [4.78, 5) is 7.16. The molecule has 1 unspecified atom stereocenters. The number of aryl methyl sites for hydroxylation is 1. The van der Waals surface area contributed by atoms with Crippen LogP contribution in [0.5, 0.6) is 0 Å². The smallest absolute Gasteiger partial charge is 0.194 e. The van der Waals surface area contributed by atoms with Gasteiger partial charge in [-0.15, -0.1) is 34.2 Å². The van der Waals surface area contributed by atoms with E-state index >= 15 is 0 Å². The van der Waals surface area contributed by atoms with Gasteiger partial charge in [-0.2, -0.15) is 0 Å². The fourth-order valence-corrected chi connectivity index (χ4v) is 2.80. The summed E-state index contributed by atoms with van der Waals surface area (Å²) in [5.41, 5.74) is 0. The van der Waals surface area contributed by atoms with E-state index in [1.807, 2.05) is 18.5 Å². The van der Waals surface area contributed by atoms with Crippen LogP contribution in [0.15, 0.2) is 4.99 Å². The van der Waals surface area contributed by atoms with Crippen molar-refractivity contribution in [3.05, 3.63) is 11.6 Å². The van der Waals surface area contributed by atoms with Crippen molar-refractivity contribution < 1.29 is 4.74 Å². The molecule has 0 bridgehead atoms. The number of hydrogen-bond donors (Lipinski definition) is 1. The number of guanidine groups is 1. The van der Waals surface area contributed by atoms with E-state index in [9.17, 15) is 0 Å². The van der Waals surface area contributed by atoms with Crippen molar-refractivity contribution >= 4 is 29.9 Å². The fraction of sp³-hybridized carbons (Fsp3) is 0.812. The third kappa shape index (κ3) is 6.19. The van der Waals surface area contributed by atoms with Crippen molar-refractivity contribution in [2.24, 2.45) is 18.0 Å². The minimum absolute atomic E-state index is 0. The van der Waals surface area contributed by atoms with E-state index in [2.05, 4.69) is 27.3 Å². The van der Waals surface area contributed by atoms with Gasteiger partial charge in [0.15, 0.2) is 11.8 Å². The molecule has 138 valence electrons. The van der Waals surface area contributed by atoms with Gasteiger partial charge in [-0.3, -0.25) is 0 Å². The molecule has 2 heterocycles. The Morgan fingerprint density at radius 1 is 1.42 bits per heavy atom. The standard InChI is InChI=1S/C16H30N6O.HI/c1-13-7-5-9-22(12-13)16(17-8-6-10-23-4)18-11-15-20-19-14(2)21(15)3;/h13H,5-12H2,1-4H3,(H,17,18);1H. The molecule has 1 aliphatic rings. The van der Waals surface area contributed by atoms with Crippen molar-refractivity contribution in [2.45, 2.75) is 39.7 Å². The zero-order valence-corrected chi connectivity index (χ0v) is 17.6. The third-order valence-corrected chi connectivity index (χ3v) is 4.32. The van der Waals surface area contributed by atoms with Crippen molar-refractivity contribution in [3.63, 3.8) is 0 Å². The molecular weight excluding hydrogens is 419 g/mol. The summed E-state index contributed by atoms with van der Waals surface area (Å²) in [5, 5.41) is 11.8. The highest BCUT2D eigenvalue weighted by molar-refractivity contribution is 14.0. The quantitative estimate of drug-likeness (QED) is 0.311. The average molecular weight is 450 g/mol. The Bertz CT molecular complexity index is 519. The zero-order chi connectivity index (χ0) is 16.7. The summed E-state index contributed by atoms with van der Waals surface area (Å²) >= 11 is 0. The van der Waals surface area contributed by atoms with Crippen LogP contribution in [-0.4, -0.2) is 59.0 Å². The van der Waals surface area contributed by atoms with E-state index in [-0.39, 0.29) is 24.0 Å². The number of hydrogen-bond acceptors (Lipinski definition) is 4. The van der Waals surface area contributed by atoms with Gasteiger partial charge in [-0.1, -0.05) is 6.92 Å². The number of methoxy groups -OCH3 is 1. The largest absolute Gasteiger partial charge is 0.385 e. The average Bonchev–Trinajstić information content (AvgIpc) is 2.86. The van der Waals surface area contributed by atoms with Gasteiger partial charge in [-0.05, 0) is 32.1 Å². The molecule has 1 saturated heterocycles. The van der Waals surface area contributed by atoms with Gasteiger partial charge in [0.25, 0.3) is 0 Å². The Kier molecular flexibility index (Phi) is 9.57.